The number of fused-ring (bicyclic) bond motifs is 1. The van der Waals surface area contributed by atoms with Crippen molar-refractivity contribution in [2.75, 3.05) is 13.2 Å². The highest BCUT2D eigenvalue weighted by Crippen LogP contribution is 2.24. The second kappa shape index (κ2) is 6.86. The van der Waals surface area contributed by atoms with Gasteiger partial charge in [-0.05, 0) is 30.3 Å². The van der Waals surface area contributed by atoms with Crippen molar-refractivity contribution in [1.82, 2.24) is 5.32 Å². The fourth-order valence-electron chi connectivity index (χ4n) is 2.33. The van der Waals surface area contributed by atoms with Gasteiger partial charge in [0.15, 0.2) is 5.43 Å². The predicted molar refractivity (Wildman–Crippen MR) is 92.3 cm³/mol. The van der Waals surface area contributed by atoms with E-state index >= 15 is 0 Å². The predicted octanol–water partition coefficient (Wildman–Crippen LogP) is 2.84. The summed E-state index contributed by atoms with van der Waals surface area (Å²) in [6.45, 7) is 0.0821. The Hall–Kier alpha value is -2.63. The maximum absolute atomic E-state index is 12.2. The first kappa shape index (κ1) is 16.2. The lowest BCUT2D eigenvalue weighted by atomic mass is 10.1. The molecular weight excluding hydrogens is 330 g/mol. The van der Waals surface area contributed by atoms with Crippen LogP contribution in [-0.4, -0.2) is 24.2 Å². The van der Waals surface area contributed by atoms with Crippen molar-refractivity contribution in [2.24, 2.45) is 0 Å². The van der Waals surface area contributed by atoms with Gasteiger partial charge in [0.05, 0.1) is 12.0 Å². The third-order valence-corrected chi connectivity index (χ3v) is 3.75. The number of halogens is 1. The summed E-state index contributed by atoms with van der Waals surface area (Å²) in [6, 6.07) is 13.0. The van der Waals surface area contributed by atoms with Crippen LogP contribution in [0.15, 0.2) is 57.7 Å². The lowest BCUT2D eigenvalue weighted by Crippen LogP contribution is -2.26. The molecule has 122 valence electrons. The Morgan fingerprint density at radius 1 is 1.12 bits per heavy atom. The number of carbonyl (C=O) groups is 1. The van der Waals surface area contributed by atoms with Gasteiger partial charge in [0, 0.05) is 28.8 Å². The van der Waals surface area contributed by atoms with Gasteiger partial charge in [-0.1, -0.05) is 23.7 Å². The van der Waals surface area contributed by atoms with Crippen molar-refractivity contribution in [3.63, 3.8) is 0 Å². The summed E-state index contributed by atoms with van der Waals surface area (Å²) >= 11 is 5.90. The first-order valence-corrected chi connectivity index (χ1v) is 7.69. The number of amides is 1. The average Bonchev–Trinajstić information content (AvgIpc) is 2.60. The van der Waals surface area contributed by atoms with E-state index in [2.05, 4.69) is 5.32 Å². The van der Waals surface area contributed by atoms with Crippen molar-refractivity contribution in [3.05, 3.63) is 69.3 Å². The number of aliphatic hydroxyl groups is 1. The zero-order valence-electron chi connectivity index (χ0n) is 12.6. The molecule has 3 rings (SSSR count). The Morgan fingerprint density at radius 2 is 1.88 bits per heavy atom. The molecule has 2 aromatic carbocycles. The van der Waals surface area contributed by atoms with E-state index in [1.54, 1.807) is 42.5 Å². The fraction of sp³-hybridized carbons (Fsp3) is 0.111. The third kappa shape index (κ3) is 3.32. The van der Waals surface area contributed by atoms with Crippen molar-refractivity contribution in [2.45, 2.75) is 0 Å². The van der Waals surface area contributed by atoms with E-state index < -0.39 is 0 Å². The minimum absolute atomic E-state index is 0.115. The van der Waals surface area contributed by atoms with E-state index in [4.69, 9.17) is 21.1 Å². The molecule has 0 unspecified atom stereocenters. The van der Waals surface area contributed by atoms with Crippen LogP contribution >= 0.6 is 11.6 Å². The Morgan fingerprint density at radius 3 is 2.58 bits per heavy atom. The van der Waals surface area contributed by atoms with E-state index in [0.717, 1.165) is 0 Å². The van der Waals surface area contributed by atoms with Crippen LogP contribution < -0.4 is 10.7 Å². The number of hydrogen-bond acceptors (Lipinski definition) is 4. The van der Waals surface area contributed by atoms with E-state index in [1.807, 2.05) is 0 Å². The molecule has 5 nitrogen and oxygen atoms in total. The molecule has 0 bridgehead atoms. The van der Waals surface area contributed by atoms with Gasteiger partial charge in [0.2, 0.25) is 0 Å². The molecule has 6 heteroatoms. The van der Waals surface area contributed by atoms with Gasteiger partial charge in [-0.25, -0.2) is 0 Å². The summed E-state index contributed by atoms with van der Waals surface area (Å²) in [5.74, 6) is 0.141. The van der Waals surface area contributed by atoms with Crippen molar-refractivity contribution >= 4 is 28.5 Å². The van der Waals surface area contributed by atoms with Crippen molar-refractivity contribution in [3.8, 4) is 11.3 Å². The van der Waals surface area contributed by atoms with Crippen LogP contribution in [0.1, 0.15) is 10.4 Å². The summed E-state index contributed by atoms with van der Waals surface area (Å²) in [5, 5.41) is 12.2. The molecule has 1 heterocycles. The maximum Gasteiger partial charge on any atom is 0.251 e. The van der Waals surface area contributed by atoms with Gasteiger partial charge >= 0.3 is 0 Å². The molecule has 0 radical (unpaired) electrons. The van der Waals surface area contributed by atoms with Gasteiger partial charge in [-0.3, -0.25) is 9.59 Å². The van der Waals surface area contributed by atoms with Gasteiger partial charge in [-0.2, -0.15) is 0 Å². The summed E-state index contributed by atoms with van der Waals surface area (Å²) < 4.78 is 5.76. The SMILES string of the molecule is O=C(NCCO)c1ccc(-c2cc(=O)c3cc(Cl)ccc3o2)cc1. The summed E-state index contributed by atoms with van der Waals surface area (Å²) in [4.78, 5) is 24.0. The third-order valence-electron chi connectivity index (χ3n) is 3.52. The molecule has 0 atom stereocenters. The molecule has 0 aliphatic heterocycles. The zero-order valence-corrected chi connectivity index (χ0v) is 13.3. The van der Waals surface area contributed by atoms with Crippen molar-refractivity contribution < 1.29 is 14.3 Å². The molecule has 0 spiro atoms. The van der Waals surface area contributed by atoms with Crippen LogP contribution in [0.2, 0.25) is 5.02 Å². The zero-order chi connectivity index (χ0) is 17.1. The van der Waals surface area contributed by atoms with Crippen LogP contribution in [0.4, 0.5) is 0 Å². The molecule has 1 aromatic heterocycles. The molecule has 0 fully saturated rings. The number of hydrogen-bond donors (Lipinski definition) is 2. The summed E-state index contributed by atoms with van der Waals surface area (Å²) in [6.07, 6.45) is 0. The summed E-state index contributed by atoms with van der Waals surface area (Å²) in [5.41, 5.74) is 1.41. The topological polar surface area (TPSA) is 79.5 Å². The second-order valence-corrected chi connectivity index (χ2v) is 5.61. The Kier molecular flexibility index (Phi) is 4.64. The lowest BCUT2D eigenvalue weighted by molar-refractivity contribution is 0.0945. The maximum atomic E-state index is 12.2. The van der Waals surface area contributed by atoms with Crippen molar-refractivity contribution in [1.29, 1.82) is 0 Å². The highest BCUT2D eigenvalue weighted by Gasteiger charge is 2.09. The first-order chi connectivity index (χ1) is 11.6. The van der Waals surface area contributed by atoms with Gasteiger partial charge in [0.25, 0.3) is 5.91 Å². The van der Waals surface area contributed by atoms with E-state index in [1.165, 1.54) is 6.07 Å². The van der Waals surface area contributed by atoms with Gasteiger partial charge in [-0.15, -0.1) is 0 Å². The minimum atomic E-state index is -0.273. The van der Waals surface area contributed by atoms with E-state index in [-0.39, 0.29) is 24.5 Å². The normalized spacial score (nSPS) is 10.8. The van der Waals surface area contributed by atoms with Crippen LogP contribution in [0.25, 0.3) is 22.3 Å². The molecule has 1 amide bonds. The molecule has 24 heavy (non-hydrogen) atoms. The van der Waals surface area contributed by atoms with Crippen LogP contribution in [0, 0.1) is 0 Å². The van der Waals surface area contributed by atoms with E-state index in [0.29, 0.717) is 32.9 Å². The first-order valence-electron chi connectivity index (χ1n) is 7.31. The Balaban J connectivity index is 1.94. The monoisotopic (exact) mass is 343 g/mol. The standard InChI is InChI=1S/C18H14ClNO4/c19-13-5-6-16-14(9-13)15(22)10-17(24-16)11-1-3-12(4-2-11)18(23)20-7-8-21/h1-6,9-10,21H,7-8H2,(H,20,23). The number of nitrogens with one attached hydrogen (secondary N) is 1. The number of aliphatic hydroxyl groups excluding tert-OH is 1. The molecule has 0 aliphatic rings. The number of rotatable bonds is 4. The largest absolute Gasteiger partial charge is 0.456 e. The van der Waals surface area contributed by atoms with Gasteiger partial charge in [0.1, 0.15) is 11.3 Å². The molecular formula is C18H14ClNO4. The van der Waals surface area contributed by atoms with Crippen LogP contribution in [0.3, 0.4) is 0 Å². The molecule has 3 aromatic rings. The molecule has 0 saturated heterocycles. The summed E-state index contributed by atoms with van der Waals surface area (Å²) in [7, 11) is 0. The second-order valence-electron chi connectivity index (χ2n) is 5.17. The Bertz CT molecular complexity index is 947. The number of benzene rings is 2. The smallest absolute Gasteiger partial charge is 0.251 e. The minimum Gasteiger partial charge on any atom is -0.456 e. The average molecular weight is 344 g/mol. The molecule has 0 aliphatic carbocycles. The van der Waals surface area contributed by atoms with Crippen LogP contribution in [0.5, 0.6) is 0 Å². The quantitative estimate of drug-likeness (QED) is 0.763. The number of carbonyl (C=O) groups excluding carboxylic acids is 1. The Labute approximate surface area is 142 Å². The van der Waals surface area contributed by atoms with Crippen LogP contribution in [-0.2, 0) is 0 Å². The van der Waals surface area contributed by atoms with E-state index in [9.17, 15) is 9.59 Å². The highest BCUT2D eigenvalue weighted by molar-refractivity contribution is 6.31. The highest BCUT2D eigenvalue weighted by atomic mass is 35.5. The lowest BCUT2D eigenvalue weighted by Gasteiger charge is -2.06. The molecule has 0 saturated carbocycles. The fourth-order valence-corrected chi connectivity index (χ4v) is 2.50. The molecule has 2 N–H and O–H groups in total. The van der Waals surface area contributed by atoms with Gasteiger partial charge < -0.3 is 14.8 Å².